The number of sulfone groups is 1. The van der Waals surface area contributed by atoms with Crippen LogP contribution >= 0.6 is 0 Å². The first kappa shape index (κ1) is 14.6. The number of anilines is 1. The number of nitrogen functional groups attached to an aromatic ring is 1. The van der Waals surface area contributed by atoms with Crippen LogP contribution in [0, 0.1) is 13.8 Å². The Morgan fingerprint density at radius 2 is 1.60 bits per heavy atom. The van der Waals surface area contributed by atoms with E-state index in [2.05, 4.69) is 6.07 Å². The van der Waals surface area contributed by atoms with Crippen molar-refractivity contribution < 1.29 is 8.42 Å². The number of rotatable bonds is 3. The third-order valence-corrected chi connectivity index (χ3v) is 4.60. The van der Waals surface area contributed by atoms with Gasteiger partial charge in [0.25, 0.3) is 0 Å². The van der Waals surface area contributed by atoms with Gasteiger partial charge in [0.05, 0.1) is 4.90 Å². The minimum atomic E-state index is -3.13. The lowest BCUT2D eigenvalue weighted by molar-refractivity contribution is 0.602. The highest BCUT2D eigenvalue weighted by atomic mass is 32.2. The first-order valence-electron chi connectivity index (χ1n) is 6.42. The third-order valence-electron chi connectivity index (χ3n) is 3.47. The fraction of sp³-hybridized carbons (Fsp3) is 0.250. The van der Waals surface area contributed by atoms with Crippen molar-refractivity contribution in [3.8, 4) is 0 Å². The first-order valence-corrected chi connectivity index (χ1v) is 8.31. The van der Waals surface area contributed by atoms with Crippen LogP contribution in [0.25, 0.3) is 0 Å². The fourth-order valence-corrected chi connectivity index (χ4v) is 2.79. The summed E-state index contributed by atoms with van der Waals surface area (Å²) < 4.78 is 22.8. The maximum Gasteiger partial charge on any atom is 0.175 e. The van der Waals surface area contributed by atoms with Crippen LogP contribution in [0.2, 0.25) is 0 Å². The first-order chi connectivity index (χ1) is 9.27. The van der Waals surface area contributed by atoms with E-state index in [1.54, 1.807) is 12.1 Å². The topological polar surface area (TPSA) is 60.2 Å². The van der Waals surface area contributed by atoms with E-state index in [-0.39, 0.29) is 0 Å². The number of nitrogens with two attached hydrogens (primary N) is 1. The van der Waals surface area contributed by atoms with Crippen LogP contribution in [0.1, 0.15) is 22.3 Å². The van der Waals surface area contributed by atoms with E-state index < -0.39 is 9.84 Å². The molecule has 0 aromatic heterocycles. The van der Waals surface area contributed by atoms with Crippen LogP contribution in [0.3, 0.4) is 0 Å². The molecule has 0 fully saturated rings. The van der Waals surface area contributed by atoms with Crippen molar-refractivity contribution in [3.05, 3.63) is 58.7 Å². The van der Waals surface area contributed by atoms with Gasteiger partial charge in [-0.25, -0.2) is 8.42 Å². The predicted molar refractivity (Wildman–Crippen MR) is 82.7 cm³/mol. The molecular formula is C16H19NO2S. The summed E-state index contributed by atoms with van der Waals surface area (Å²) in [5.74, 6) is 0. The van der Waals surface area contributed by atoms with Crippen LogP contribution in [0.4, 0.5) is 5.69 Å². The largest absolute Gasteiger partial charge is 0.399 e. The van der Waals surface area contributed by atoms with Crippen molar-refractivity contribution in [2.45, 2.75) is 25.2 Å². The summed E-state index contributed by atoms with van der Waals surface area (Å²) in [7, 11) is -3.13. The second-order valence-corrected chi connectivity index (χ2v) is 7.24. The number of benzene rings is 2. The normalized spacial score (nSPS) is 11.6. The second kappa shape index (κ2) is 5.29. The maximum atomic E-state index is 11.4. The van der Waals surface area contributed by atoms with E-state index in [0.29, 0.717) is 4.90 Å². The molecule has 0 amide bonds. The Kier molecular flexibility index (Phi) is 3.86. The summed E-state index contributed by atoms with van der Waals surface area (Å²) >= 11 is 0. The monoisotopic (exact) mass is 289 g/mol. The molecule has 0 saturated heterocycles. The Morgan fingerprint density at radius 1 is 1.00 bits per heavy atom. The summed E-state index contributed by atoms with van der Waals surface area (Å²) in [5.41, 5.74) is 11.2. The Hall–Kier alpha value is -1.81. The molecule has 106 valence electrons. The zero-order valence-electron chi connectivity index (χ0n) is 12.0. The number of hydrogen-bond donors (Lipinski definition) is 1. The summed E-state index contributed by atoms with van der Waals surface area (Å²) in [6.07, 6.45) is 1.99. The number of aryl methyl sites for hydroxylation is 2. The van der Waals surface area contributed by atoms with Gasteiger partial charge in [-0.05, 0) is 60.7 Å². The van der Waals surface area contributed by atoms with Crippen molar-refractivity contribution in [1.29, 1.82) is 0 Å². The average Bonchev–Trinajstić information content (AvgIpc) is 2.35. The molecule has 0 aliphatic rings. The highest BCUT2D eigenvalue weighted by molar-refractivity contribution is 7.90. The average molecular weight is 289 g/mol. The molecule has 0 spiro atoms. The molecule has 20 heavy (non-hydrogen) atoms. The molecule has 0 bridgehead atoms. The van der Waals surface area contributed by atoms with Crippen LogP contribution < -0.4 is 5.73 Å². The van der Waals surface area contributed by atoms with E-state index in [4.69, 9.17) is 5.73 Å². The molecule has 0 unspecified atom stereocenters. The van der Waals surface area contributed by atoms with Crippen molar-refractivity contribution in [2.24, 2.45) is 0 Å². The van der Waals surface area contributed by atoms with E-state index in [1.807, 2.05) is 32.0 Å². The minimum absolute atomic E-state index is 0.353. The van der Waals surface area contributed by atoms with Crippen LogP contribution in [-0.4, -0.2) is 14.7 Å². The zero-order chi connectivity index (χ0) is 14.9. The van der Waals surface area contributed by atoms with Crippen molar-refractivity contribution >= 4 is 15.5 Å². The Balaban J connectivity index is 2.29. The van der Waals surface area contributed by atoms with Gasteiger partial charge < -0.3 is 5.73 Å². The van der Waals surface area contributed by atoms with Gasteiger partial charge in [-0.2, -0.15) is 0 Å². The molecule has 2 aromatic rings. The smallest absolute Gasteiger partial charge is 0.175 e. The Morgan fingerprint density at radius 3 is 2.15 bits per heavy atom. The summed E-state index contributed by atoms with van der Waals surface area (Å²) in [6.45, 7) is 4.03. The van der Waals surface area contributed by atoms with Gasteiger partial charge in [0, 0.05) is 11.9 Å². The predicted octanol–water partition coefficient (Wildman–Crippen LogP) is 2.88. The van der Waals surface area contributed by atoms with Crippen molar-refractivity contribution in [1.82, 2.24) is 0 Å². The Labute approximate surface area is 120 Å². The van der Waals surface area contributed by atoms with E-state index in [9.17, 15) is 8.42 Å². The molecule has 2 aromatic carbocycles. The molecule has 2 N–H and O–H groups in total. The molecule has 0 atom stereocenters. The van der Waals surface area contributed by atoms with E-state index in [0.717, 1.165) is 28.8 Å². The second-order valence-electron chi connectivity index (χ2n) is 5.23. The van der Waals surface area contributed by atoms with Gasteiger partial charge in [0.15, 0.2) is 9.84 Å². The van der Waals surface area contributed by atoms with Crippen molar-refractivity contribution in [3.63, 3.8) is 0 Å². The van der Waals surface area contributed by atoms with Gasteiger partial charge >= 0.3 is 0 Å². The molecule has 4 heteroatoms. The molecule has 0 aliphatic heterocycles. The van der Waals surface area contributed by atoms with Gasteiger partial charge in [-0.15, -0.1) is 0 Å². The SMILES string of the molecule is Cc1cc(Cc2ccc(S(C)(=O)=O)cc2)c(C)cc1N. The third kappa shape index (κ3) is 3.20. The highest BCUT2D eigenvalue weighted by Crippen LogP contribution is 2.21. The van der Waals surface area contributed by atoms with Gasteiger partial charge in [0.2, 0.25) is 0 Å². The summed E-state index contributed by atoms with van der Waals surface area (Å²) in [6, 6.07) is 11.1. The standard InChI is InChI=1S/C16H19NO2S/c1-11-9-16(17)12(2)8-14(11)10-13-4-6-15(7-5-13)20(3,18)19/h4-9H,10,17H2,1-3H3. The summed E-state index contributed by atoms with van der Waals surface area (Å²) in [5, 5.41) is 0. The molecule has 0 radical (unpaired) electrons. The highest BCUT2D eigenvalue weighted by Gasteiger charge is 2.07. The van der Waals surface area contributed by atoms with Crippen LogP contribution in [0.15, 0.2) is 41.3 Å². The zero-order valence-corrected chi connectivity index (χ0v) is 12.8. The maximum absolute atomic E-state index is 11.4. The van der Waals surface area contributed by atoms with Gasteiger partial charge in [-0.3, -0.25) is 0 Å². The van der Waals surface area contributed by atoms with E-state index >= 15 is 0 Å². The van der Waals surface area contributed by atoms with Gasteiger partial charge in [0.1, 0.15) is 0 Å². The molecular weight excluding hydrogens is 270 g/mol. The van der Waals surface area contributed by atoms with Crippen LogP contribution in [-0.2, 0) is 16.3 Å². The summed E-state index contributed by atoms with van der Waals surface area (Å²) in [4.78, 5) is 0.353. The minimum Gasteiger partial charge on any atom is -0.399 e. The lowest BCUT2D eigenvalue weighted by Gasteiger charge is -2.10. The number of hydrogen-bond acceptors (Lipinski definition) is 3. The Bertz CT molecular complexity index is 732. The molecule has 0 aliphatic carbocycles. The van der Waals surface area contributed by atoms with E-state index in [1.165, 1.54) is 11.8 Å². The molecule has 0 heterocycles. The fourth-order valence-electron chi connectivity index (χ4n) is 2.16. The van der Waals surface area contributed by atoms with Crippen molar-refractivity contribution in [2.75, 3.05) is 12.0 Å². The van der Waals surface area contributed by atoms with Crippen LogP contribution in [0.5, 0.6) is 0 Å². The molecule has 2 rings (SSSR count). The lowest BCUT2D eigenvalue weighted by atomic mass is 9.98. The quantitative estimate of drug-likeness (QED) is 0.884. The molecule has 3 nitrogen and oxygen atoms in total. The lowest BCUT2D eigenvalue weighted by Crippen LogP contribution is -1.99. The molecule has 0 saturated carbocycles. The van der Waals surface area contributed by atoms with Gasteiger partial charge in [-0.1, -0.05) is 18.2 Å².